The lowest BCUT2D eigenvalue weighted by molar-refractivity contribution is -0.138. The van der Waals surface area contributed by atoms with Gasteiger partial charge in [-0.05, 0) is 49.9 Å². The fourth-order valence-electron chi connectivity index (χ4n) is 3.74. The third-order valence-corrected chi connectivity index (χ3v) is 5.20. The maximum Gasteiger partial charge on any atom is 0.303 e. The number of H-pyrrole nitrogens is 1. The molecule has 2 aromatic heterocycles. The number of carboxylic acid groups (broad SMARTS) is 1. The third-order valence-electron chi connectivity index (χ3n) is 5.20. The number of carbonyl (C=O) groups is 1. The lowest BCUT2D eigenvalue weighted by Gasteiger charge is -2.33. The number of aliphatic carboxylic acids is 1. The molecule has 150 valence electrons. The van der Waals surface area contributed by atoms with Crippen molar-refractivity contribution in [3.8, 4) is 0 Å². The predicted octanol–water partition coefficient (Wildman–Crippen LogP) is 2.46. The van der Waals surface area contributed by atoms with Gasteiger partial charge in [0, 0.05) is 30.9 Å². The smallest absolute Gasteiger partial charge is 0.303 e. The van der Waals surface area contributed by atoms with Crippen LogP contribution in [0.1, 0.15) is 25.1 Å². The highest BCUT2D eigenvalue weighted by Gasteiger charge is 2.21. The summed E-state index contributed by atoms with van der Waals surface area (Å²) in [5.41, 5.74) is 2.05. The van der Waals surface area contributed by atoms with E-state index in [9.17, 15) is 9.59 Å². The van der Waals surface area contributed by atoms with Gasteiger partial charge in [0.25, 0.3) is 5.56 Å². The molecule has 0 aliphatic carbocycles. The molecule has 4 rings (SSSR count). The number of anilines is 3. The molecule has 3 aromatic rings. The van der Waals surface area contributed by atoms with E-state index in [1.54, 1.807) is 6.92 Å². The minimum Gasteiger partial charge on any atom is -0.481 e. The number of aryl methyl sites for hydroxylation is 1. The number of piperidine rings is 1. The summed E-state index contributed by atoms with van der Waals surface area (Å²) in [7, 11) is 0. The van der Waals surface area contributed by atoms with Crippen molar-refractivity contribution >= 4 is 34.1 Å². The lowest BCUT2D eigenvalue weighted by Crippen LogP contribution is -2.34. The predicted molar refractivity (Wildman–Crippen MR) is 110 cm³/mol. The summed E-state index contributed by atoms with van der Waals surface area (Å²) >= 11 is 0. The largest absolute Gasteiger partial charge is 0.481 e. The van der Waals surface area contributed by atoms with Crippen molar-refractivity contribution in [2.24, 2.45) is 5.92 Å². The molecule has 0 atom stereocenters. The molecule has 0 unspecified atom stereocenters. The average molecular weight is 394 g/mol. The number of aromatic amines is 1. The molecule has 1 aliphatic heterocycles. The van der Waals surface area contributed by atoms with Crippen LogP contribution in [0.4, 0.5) is 17.2 Å². The van der Waals surface area contributed by atoms with Crippen LogP contribution in [0.5, 0.6) is 0 Å². The van der Waals surface area contributed by atoms with Gasteiger partial charge in [0.05, 0.1) is 6.20 Å². The number of hydrogen-bond acceptors (Lipinski definition) is 7. The first kappa shape index (κ1) is 18.9. The van der Waals surface area contributed by atoms with Crippen LogP contribution >= 0.6 is 0 Å². The normalized spacial score (nSPS) is 14.9. The lowest BCUT2D eigenvalue weighted by atomic mass is 9.93. The van der Waals surface area contributed by atoms with Gasteiger partial charge in [0.1, 0.15) is 22.5 Å². The Labute approximate surface area is 166 Å². The van der Waals surface area contributed by atoms with Gasteiger partial charge in [-0.1, -0.05) is 0 Å². The maximum atomic E-state index is 12.2. The molecule has 0 bridgehead atoms. The minimum atomic E-state index is -0.721. The van der Waals surface area contributed by atoms with Crippen LogP contribution in [0.3, 0.4) is 0 Å². The van der Waals surface area contributed by atoms with E-state index in [2.05, 4.69) is 30.4 Å². The van der Waals surface area contributed by atoms with Crippen molar-refractivity contribution in [1.82, 2.24) is 20.2 Å². The standard InChI is InChI=1S/C20H22N6O3/c1-12-22-16-11-21-25-20(29)18(16)19(23-12)24-14-2-4-15(5-3-14)26-8-6-13(7-9-26)10-17(27)28/h2-5,11,13H,6-10H2,1H3,(H,25,29)(H,27,28)(H,22,23,24). The zero-order valence-corrected chi connectivity index (χ0v) is 16.1. The number of aromatic nitrogens is 4. The second-order valence-electron chi connectivity index (χ2n) is 7.28. The fourth-order valence-corrected chi connectivity index (χ4v) is 3.74. The molecule has 3 heterocycles. The van der Waals surface area contributed by atoms with E-state index >= 15 is 0 Å². The molecule has 9 heteroatoms. The van der Waals surface area contributed by atoms with E-state index < -0.39 is 5.97 Å². The van der Waals surface area contributed by atoms with E-state index in [-0.39, 0.29) is 17.9 Å². The van der Waals surface area contributed by atoms with Crippen molar-refractivity contribution in [1.29, 1.82) is 0 Å². The Hall–Kier alpha value is -3.49. The molecule has 1 aliphatic rings. The van der Waals surface area contributed by atoms with Gasteiger partial charge in [0.2, 0.25) is 0 Å². The molecule has 9 nitrogen and oxygen atoms in total. The van der Waals surface area contributed by atoms with Crippen LogP contribution in [0.2, 0.25) is 0 Å². The quantitative estimate of drug-likeness (QED) is 0.603. The first-order chi connectivity index (χ1) is 14.0. The molecule has 0 saturated carbocycles. The molecule has 1 fully saturated rings. The molecule has 0 amide bonds. The Balaban J connectivity index is 1.49. The number of hydrogen-bond donors (Lipinski definition) is 3. The highest BCUT2D eigenvalue weighted by molar-refractivity contribution is 5.89. The molecule has 0 radical (unpaired) electrons. The summed E-state index contributed by atoms with van der Waals surface area (Å²) in [5.74, 6) is 0.527. The second kappa shape index (κ2) is 7.86. The van der Waals surface area contributed by atoms with Crippen LogP contribution in [0.15, 0.2) is 35.3 Å². The summed E-state index contributed by atoms with van der Waals surface area (Å²) in [4.78, 5) is 34.0. The molecule has 1 saturated heterocycles. The van der Waals surface area contributed by atoms with E-state index in [0.29, 0.717) is 22.5 Å². The molecule has 3 N–H and O–H groups in total. The van der Waals surface area contributed by atoms with Crippen molar-refractivity contribution in [2.45, 2.75) is 26.2 Å². The molecule has 1 aromatic carbocycles. The Morgan fingerprint density at radius 3 is 2.66 bits per heavy atom. The van der Waals surface area contributed by atoms with Gasteiger partial charge in [-0.3, -0.25) is 9.59 Å². The van der Waals surface area contributed by atoms with Crippen LogP contribution in [-0.2, 0) is 4.79 Å². The van der Waals surface area contributed by atoms with Gasteiger partial charge in [0.15, 0.2) is 0 Å². The molecular weight excluding hydrogens is 372 g/mol. The number of rotatable bonds is 5. The molecular formula is C20H22N6O3. The van der Waals surface area contributed by atoms with E-state index in [0.717, 1.165) is 37.3 Å². The zero-order chi connectivity index (χ0) is 20.4. The zero-order valence-electron chi connectivity index (χ0n) is 16.1. The van der Waals surface area contributed by atoms with Gasteiger partial charge in [-0.2, -0.15) is 5.10 Å². The number of benzene rings is 1. The van der Waals surface area contributed by atoms with Crippen LogP contribution in [0, 0.1) is 12.8 Å². The monoisotopic (exact) mass is 394 g/mol. The minimum absolute atomic E-state index is 0.248. The van der Waals surface area contributed by atoms with Crippen LogP contribution in [0.25, 0.3) is 10.9 Å². The maximum absolute atomic E-state index is 12.2. The van der Waals surface area contributed by atoms with Gasteiger partial charge in [-0.15, -0.1) is 0 Å². The van der Waals surface area contributed by atoms with Crippen molar-refractivity contribution < 1.29 is 9.90 Å². The number of fused-ring (bicyclic) bond motifs is 1. The number of nitrogens with zero attached hydrogens (tertiary/aromatic N) is 4. The van der Waals surface area contributed by atoms with Crippen molar-refractivity contribution in [2.75, 3.05) is 23.3 Å². The summed E-state index contributed by atoms with van der Waals surface area (Å²) in [5, 5.41) is 18.7. The van der Waals surface area contributed by atoms with Crippen molar-refractivity contribution in [3.05, 3.63) is 46.6 Å². The Kier molecular flexibility index (Phi) is 5.11. The average Bonchev–Trinajstić information content (AvgIpc) is 2.68. The first-order valence-electron chi connectivity index (χ1n) is 9.55. The van der Waals surface area contributed by atoms with E-state index in [4.69, 9.17) is 5.11 Å². The fraction of sp³-hybridized carbons (Fsp3) is 0.350. The van der Waals surface area contributed by atoms with Crippen LogP contribution < -0.4 is 15.8 Å². The summed E-state index contributed by atoms with van der Waals surface area (Å²) in [6.07, 6.45) is 3.52. The third kappa shape index (κ3) is 4.18. The summed E-state index contributed by atoms with van der Waals surface area (Å²) in [6, 6.07) is 7.92. The second-order valence-corrected chi connectivity index (χ2v) is 7.28. The van der Waals surface area contributed by atoms with E-state index in [1.165, 1.54) is 6.20 Å². The van der Waals surface area contributed by atoms with Crippen molar-refractivity contribution in [3.63, 3.8) is 0 Å². The Bertz CT molecular complexity index is 1090. The SMILES string of the molecule is Cc1nc(Nc2ccc(N3CCC(CC(=O)O)CC3)cc2)c2c(=O)[nH]ncc2n1. The van der Waals surface area contributed by atoms with Gasteiger partial charge >= 0.3 is 5.97 Å². The Morgan fingerprint density at radius 2 is 1.97 bits per heavy atom. The molecule has 0 spiro atoms. The number of carboxylic acids is 1. The van der Waals surface area contributed by atoms with Gasteiger partial charge < -0.3 is 15.3 Å². The highest BCUT2D eigenvalue weighted by Crippen LogP contribution is 2.27. The van der Waals surface area contributed by atoms with E-state index in [1.807, 2.05) is 24.3 Å². The van der Waals surface area contributed by atoms with Crippen LogP contribution in [-0.4, -0.2) is 44.3 Å². The van der Waals surface area contributed by atoms with Gasteiger partial charge in [-0.25, -0.2) is 15.1 Å². The first-order valence-corrected chi connectivity index (χ1v) is 9.55. The summed E-state index contributed by atoms with van der Waals surface area (Å²) in [6.45, 7) is 3.47. The molecule has 29 heavy (non-hydrogen) atoms. The number of nitrogens with one attached hydrogen (secondary N) is 2. The topological polar surface area (TPSA) is 124 Å². The Morgan fingerprint density at radius 1 is 1.24 bits per heavy atom. The summed E-state index contributed by atoms with van der Waals surface area (Å²) < 4.78 is 0. The highest BCUT2D eigenvalue weighted by atomic mass is 16.4.